The Balaban J connectivity index is 1.01. The Morgan fingerprint density at radius 1 is 0.267 bits per heavy atom. The number of benzene rings is 10. The highest BCUT2D eigenvalue weighted by molar-refractivity contribution is 6.12. The van der Waals surface area contributed by atoms with E-state index in [1.165, 1.54) is 44.2 Å². The van der Waals surface area contributed by atoms with E-state index in [1.54, 1.807) is 0 Å². The predicted molar refractivity (Wildman–Crippen MR) is 253 cm³/mol. The molecule has 0 saturated heterocycles. The number of hydrogen-bond donors (Lipinski definition) is 0. The van der Waals surface area contributed by atoms with E-state index in [9.17, 15) is 0 Å². The van der Waals surface area contributed by atoms with Gasteiger partial charge in [0, 0.05) is 33.4 Å². The average Bonchev–Trinajstić information content (AvgIpc) is 3.71. The van der Waals surface area contributed by atoms with Gasteiger partial charge in [-0.05, 0) is 109 Å². The van der Waals surface area contributed by atoms with Crippen molar-refractivity contribution in [3.05, 3.63) is 237 Å². The number of nitrogens with zero attached hydrogens (tertiary/aromatic N) is 1. The summed E-state index contributed by atoms with van der Waals surface area (Å²) >= 11 is 0. The van der Waals surface area contributed by atoms with Crippen LogP contribution in [0.1, 0.15) is 0 Å². The lowest BCUT2D eigenvalue weighted by Gasteiger charge is -2.26. The van der Waals surface area contributed by atoms with Crippen LogP contribution in [0.25, 0.3) is 88.3 Å². The molecular formula is C58H39NO. The summed E-state index contributed by atoms with van der Waals surface area (Å²) in [4.78, 5) is 2.34. The van der Waals surface area contributed by atoms with Gasteiger partial charge in [-0.3, -0.25) is 0 Å². The molecule has 0 bridgehead atoms. The first-order valence-corrected chi connectivity index (χ1v) is 20.5. The largest absolute Gasteiger partial charge is 0.455 e. The van der Waals surface area contributed by atoms with E-state index < -0.39 is 0 Å². The van der Waals surface area contributed by atoms with Gasteiger partial charge in [0.05, 0.1) is 0 Å². The Hall–Kier alpha value is -7.94. The molecule has 2 heteroatoms. The second kappa shape index (κ2) is 15.1. The predicted octanol–water partition coefficient (Wildman–Crippen LogP) is 16.5. The van der Waals surface area contributed by atoms with E-state index in [1.807, 2.05) is 6.07 Å². The fourth-order valence-electron chi connectivity index (χ4n) is 8.71. The van der Waals surface area contributed by atoms with Crippen LogP contribution in [0.2, 0.25) is 0 Å². The molecular weight excluding hydrogens is 727 g/mol. The van der Waals surface area contributed by atoms with Crippen molar-refractivity contribution < 1.29 is 4.42 Å². The van der Waals surface area contributed by atoms with Crippen molar-refractivity contribution >= 4 is 49.8 Å². The Morgan fingerprint density at radius 3 is 1.33 bits per heavy atom. The molecule has 0 N–H and O–H groups in total. The van der Waals surface area contributed by atoms with Gasteiger partial charge in [0.2, 0.25) is 0 Å². The van der Waals surface area contributed by atoms with Gasteiger partial charge in [0.25, 0.3) is 0 Å². The van der Waals surface area contributed by atoms with Crippen molar-refractivity contribution in [2.75, 3.05) is 4.90 Å². The normalized spacial score (nSPS) is 11.3. The third-order valence-corrected chi connectivity index (χ3v) is 11.7. The zero-order valence-electron chi connectivity index (χ0n) is 32.9. The molecule has 10 aromatic carbocycles. The number of furan rings is 1. The topological polar surface area (TPSA) is 16.4 Å². The van der Waals surface area contributed by atoms with E-state index in [0.29, 0.717) is 0 Å². The molecule has 0 amide bonds. The number of rotatable bonds is 8. The zero-order valence-corrected chi connectivity index (χ0v) is 32.9. The Bertz CT molecular complexity index is 3250. The van der Waals surface area contributed by atoms with Gasteiger partial charge in [-0.2, -0.15) is 0 Å². The first-order chi connectivity index (χ1) is 29.7. The van der Waals surface area contributed by atoms with Gasteiger partial charge in [0.1, 0.15) is 11.2 Å². The van der Waals surface area contributed by atoms with Gasteiger partial charge < -0.3 is 9.32 Å². The molecule has 11 aromatic rings. The quantitative estimate of drug-likeness (QED) is 0.153. The number of anilines is 3. The molecule has 60 heavy (non-hydrogen) atoms. The Kier molecular flexibility index (Phi) is 8.87. The molecule has 282 valence electrons. The summed E-state index contributed by atoms with van der Waals surface area (Å²) in [6, 6.07) is 84.7. The molecule has 0 aliphatic carbocycles. The summed E-state index contributed by atoms with van der Waals surface area (Å²) in [5, 5.41) is 4.73. The Morgan fingerprint density at radius 2 is 0.717 bits per heavy atom. The van der Waals surface area contributed by atoms with E-state index >= 15 is 0 Å². The van der Waals surface area contributed by atoms with E-state index in [2.05, 4.69) is 235 Å². The van der Waals surface area contributed by atoms with Crippen LogP contribution >= 0.6 is 0 Å². The lowest BCUT2D eigenvalue weighted by molar-refractivity contribution is 0.670. The lowest BCUT2D eigenvalue weighted by atomic mass is 9.91. The molecule has 0 atom stereocenters. The number of fused-ring (bicyclic) bond motifs is 4. The van der Waals surface area contributed by atoms with Crippen LogP contribution in [0.3, 0.4) is 0 Å². The molecule has 0 aliphatic rings. The van der Waals surface area contributed by atoms with Gasteiger partial charge >= 0.3 is 0 Å². The first kappa shape index (κ1) is 35.2. The molecule has 0 aliphatic heterocycles. The highest BCUT2D eigenvalue weighted by atomic mass is 16.3. The zero-order chi connectivity index (χ0) is 39.8. The fraction of sp³-hybridized carbons (Fsp3) is 0. The van der Waals surface area contributed by atoms with Crippen LogP contribution in [0, 0.1) is 0 Å². The minimum atomic E-state index is 0.891. The van der Waals surface area contributed by atoms with Crippen LogP contribution in [0.4, 0.5) is 17.1 Å². The van der Waals surface area contributed by atoms with Gasteiger partial charge in [-0.25, -0.2) is 0 Å². The molecule has 1 aromatic heterocycles. The maximum atomic E-state index is 6.69. The summed E-state index contributed by atoms with van der Waals surface area (Å²) < 4.78 is 6.69. The van der Waals surface area contributed by atoms with Gasteiger partial charge in [-0.15, -0.1) is 0 Å². The van der Waals surface area contributed by atoms with Crippen molar-refractivity contribution in [3.8, 4) is 55.6 Å². The van der Waals surface area contributed by atoms with E-state index in [-0.39, 0.29) is 0 Å². The number of para-hydroxylation sites is 1. The molecule has 2 nitrogen and oxygen atoms in total. The summed E-state index contributed by atoms with van der Waals surface area (Å²) in [5.41, 5.74) is 16.7. The monoisotopic (exact) mass is 765 g/mol. The highest BCUT2D eigenvalue weighted by Gasteiger charge is 2.19. The third-order valence-electron chi connectivity index (χ3n) is 11.7. The number of hydrogen-bond acceptors (Lipinski definition) is 2. The first-order valence-electron chi connectivity index (χ1n) is 20.5. The van der Waals surface area contributed by atoms with Crippen LogP contribution < -0.4 is 4.90 Å². The van der Waals surface area contributed by atoms with Crippen LogP contribution in [-0.2, 0) is 0 Å². The van der Waals surface area contributed by atoms with Crippen LogP contribution in [0.15, 0.2) is 241 Å². The minimum absolute atomic E-state index is 0.891. The van der Waals surface area contributed by atoms with E-state index in [0.717, 1.165) is 61.3 Å². The lowest BCUT2D eigenvalue weighted by Crippen LogP contribution is -2.09. The van der Waals surface area contributed by atoms with E-state index in [4.69, 9.17) is 4.42 Å². The maximum absolute atomic E-state index is 6.69. The molecule has 0 fully saturated rings. The van der Waals surface area contributed by atoms with Crippen molar-refractivity contribution in [3.63, 3.8) is 0 Å². The van der Waals surface area contributed by atoms with Crippen LogP contribution in [0.5, 0.6) is 0 Å². The molecule has 0 spiro atoms. The molecule has 11 rings (SSSR count). The summed E-state index contributed by atoms with van der Waals surface area (Å²) in [7, 11) is 0. The molecule has 0 saturated carbocycles. The minimum Gasteiger partial charge on any atom is -0.455 e. The summed E-state index contributed by atoms with van der Waals surface area (Å²) in [5.74, 6) is 0. The summed E-state index contributed by atoms with van der Waals surface area (Å²) in [6.45, 7) is 0. The second-order valence-corrected chi connectivity index (χ2v) is 15.3. The van der Waals surface area contributed by atoms with Crippen molar-refractivity contribution in [1.82, 2.24) is 0 Å². The maximum Gasteiger partial charge on any atom is 0.143 e. The molecule has 1 heterocycles. The third kappa shape index (κ3) is 6.41. The average molecular weight is 766 g/mol. The second-order valence-electron chi connectivity index (χ2n) is 15.3. The highest BCUT2D eigenvalue weighted by Crippen LogP contribution is 2.44. The molecule has 0 radical (unpaired) electrons. The van der Waals surface area contributed by atoms with Crippen LogP contribution in [-0.4, -0.2) is 0 Å². The molecule has 0 unspecified atom stereocenters. The van der Waals surface area contributed by atoms with Gasteiger partial charge in [-0.1, -0.05) is 188 Å². The standard InChI is InChI=1S/C58H39NO/c1-3-12-40(13-4-1)42-22-24-47(25-23-42)57-53(38-39-55-54-19-9-10-21-56(54)60-58(55)57)46-30-36-50(37-31-46)59(48-32-26-43(27-33-48)41-14-5-2-6-15-41)49-34-28-45(29-35-49)52-20-11-17-44-16-7-8-18-51(44)52/h1-39H. The van der Waals surface area contributed by atoms with Crippen molar-refractivity contribution in [1.29, 1.82) is 0 Å². The van der Waals surface area contributed by atoms with Gasteiger partial charge in [0.15, 0.2) is 0 Å². The van der Waals surface area contributed by atoms with Crippen molar-refractivity contribution in [2.24, 2.45) is 0 Å². The Labute approximate surface area is 349 Å². The summed E-state index contributed by atoms with van der Waals surface area (Å²) in [6.07, 6.45) is 0. The van der Waals surface area contributed by atoms with Crippen molar-refractivity contribution in [2.45, 2.75) is 0 Å². The SMILES string of the molecule is c1ccc(-c2ccc(-c3c(-c4ccc(N(c5ccc(-c6ccccc6)cc5)c5ccc(-c6cccc7ccccc67)cc5)cc4)ccc4c3oc3ccccc34)cc2)cc1. The smallest absolute Gasteiger partial charge is 0.143 e. The fourth-order valence-corrected chi connectivity index (χ4v) is 8.71.